The molecule has 1 aliphatic heterocycles. The lowest BCUT2D eigenvalue weighted by atomic mass is 10.1. The molecule has 0 aromatic heterocycles. The van der Waals surface area contributed by atoms with Crippen molar-refractivity contribution >= 4 is 45.3 Å². The van der Waals surface area contributed by atoms with Gasteiger partial charge in [0.25, 0.3) is 11.8 Å². The third-order valence-corrected chi connectivity index (χ3v) is 6.51. The summed E-state index contributed by atoms with van der Waals surface area (Å²) in [5, 5.41) is 3.78. The first kappa shape index (κ1) is 26.0. The molecular formula is C24H26BrN3O7. The number of ether oxygens (including phenoxy) is 3. The van der Waals surface area contributed by atoms with Crippen molar-refractivity contribution in [3.8, 4) is 11.5 Å². The van der Waals surface area contributed by atoms with Crippen LogP contribution in [-0.4, -0.2) is 56.1 Å². The Hall–Kier alpha value is -3.60. The number of methoxy groups -OCH3 is 2. The number of hydrazine groups is 1. The van der Waals surface area contributed by atoms with Gasteiger partial charge in [-0.05, 0) is 49.2 Å². The van der Waals surface area contributed by atoms with Crippen molar-refractivity contribution in [1.82, 2.24) is 10.4 Å². The Kier molecular flexibility index (Phi) is 8.34. The molecule has 1 fully saturated rings. The molecule has 3 amide bonds. The van der Waals surface area contributed by atoms with E-state index < -0.39 is 36.2 Å². The van der Waals surface area contributed by atoms with Gasteiger partial charge in [-0.2, -0.15) is 0 Å². The maximum Gasteiger partial charge on any atom is 0.311 e. The van der Waals surface area contributed by atoms with Gasteiger partial charge in [0.05, 0.1) is 26.7 Å². The molecule has 2 aromatic rings. The minimum atomic E-state index is -0.813. The number of nitrogens with one attached hydrogen (secondary N) is 2. The zero-order valence-corrected chi connectivity index (χ0v) is 21.4. The van der Waals surface area contributed by atoms with Crippen LogP contribution in [0.25, 0.3) is 0 Å². The molecule has 186 valence electrons. The topological polar surface area (TPSA) is 123 Å². The number of carbonyl (C=O) groups is 4. The van der Waals surface area contributed by atoms with Gasteiger partial charge in [0.1, 0.15) is 11.5 Å². The standard InChI is InChI=1S/C24H26BrN3O7/c1-13-14(2)20(6-5-19(13)25)26-21(29)12-35-24(32)16-9-22(30)28(11-16)27-23(31)15-7-17(33-3)10-18(8-15)34-4/h5-8,10,16H,9,11-12H2,1-4H3,(H,26,29)(H,27,31)/t16-/m1/s1. The van der Waals surface area contributed by atoms with Crippen molar-refractivity contribution in [3.05, 3.63) is 51.5 Å². The Bertz CT molecular complexity index is 1150. The van der Waals surface area contributed by atoms with Gasteiger partial charge in [0.15, 0.2) is 6.61 Å². The number of hydrogen-bond donors (Lipinski definition) is 2. The van der Waals surface area contributed by atoms with Crippen molar-refractivity contribution < 1.29 is 33.4 Å². The number of rotatable bonds is 8. The number of benzene rings is 2. The van der Waals surface area contributed by atoms with Crippen molar-refractivity contribution in [3.63, 3.8) is 0 Å². The minimum absolute atomic E-state index is 0.0723. The molecule has 0 aliphatic carbocycles. The Morgan fingerprint density at radius 2 is 1.71 bits per heavy atom. The molecule has 0 radical (unpaired) electrons. The first-order valence-electron chi connectivity index (χ1n) is 10.7. The quantitative estimate of drug-likeness (QED) is 0.487. The highest BCUT2D eigenvalue weighted by molar-refractivity contribution is 9.10. The van der Waals surface area contributed by atoms with Gasteiger partial charge in [0, 0.05) is 28.2 Å². The highest BCUT2D eigenvalue weighted by Crippen LogP contribution is 2.26. The van der Waals surface area contributed by atoms with Gasteiger partial charge < -0.3 is 19.5 Å². The lowest BCUT2D eigenvalue weighted by Crippen LogP contribution is -2.43. The first-order chi connectivity index (χ1) is 16.6. The van der Waals surface area contributed by atoms with Gasteiger partial charge in [-0.25, -0.2) is 0 Å². The van der Waals surface area contributed by atoms with Gasteiger partial charge >= 0.3 is 5.97 Å². The molecule has 2 aromatic carbocycles. The Morgan fingerprint density at radius 1 is 1.06 bits per heavy atom. The summed E-state index contributed by atoms with van der Waals surface area (Å²) in [6.45, 7) is 3.23. The van der Waals surface area contributed by atoms with E-state index >= 15 is 0 Å². The van der Waals surface area contributed by atoms with Crippen LogP contribution in [0, 0.1) is 19.8 Å². The normalized spacial score (nSPS) is 14.9. The molecular weight excluding hydrogens is 522 g/mol. The molecule has 10 nitrogen and oxygen atoms in total. The number of carbonyl (C=O) groups excluding carboxylic acids is 4. The van der Waals surface area contributed by atoms with E-state index in [2.05, 4.69) is 26.7 Å². The molecule has 3 rings (SSSR count). The number of hydrogen-bond acceptors (Lipinski definition) is 7. The van der Waals surface area contributed by atoms with Crippen molar-refractivity contribution in [2.45, 2.75) is 20.3 Å². The fourth-order valence-electron chi connectivity index (χ4n) is 3.46. The van der Waals surface area contributed by atoms with Crippen molar-refractivity contribution in [1.29, 1.82) is 0 Å². The van der Waals surface area contributed by atoms with Crippen LogP contribution < -0.4 is 20.2 Å². The fraction of sp³-hybridized carbons (Fsp3) is 0.333. The van der Waals surface area contributed by atoms with E-state index in [1.165, 1.54) is 26.4 Å². The molecule has 1 saturated heterocycles. The van der Waals surface area contributed by atoms with Crippen LogP contribution >= 0.6 is 15.9 Å². The summed E-state index contributed by atoms with van der Waals surface area (Å²) in [5.41, 5.74) is 5.20. The predicted molar refractivity (Wildman–Crippen MR) is 130 cm³/mol. The van der Waals surface area contributed by atoms with Gasteiger partial charge in [-0.15, -0.1) is 0 Å². The molecule has 0 unspecified atom stereocenters. The van der Waals surface area contributed by atoms with E-state index in [9.17, 15) is 19.2 Å². The lowest BCUT2D eigenvalue weighted by Gasteiger charge is -2.18. The van der Waals surface area contributed by atoms with Crippen LogP contribution in [-0.2, 0) is 19.1 Å². The number of nitrogens with zero attached hydrogens (tertiary/aromatic N) is 1. The summed E-state index contributed by atoms with van der Waals surface area (Å²) in [5.74, 6) is -2.19. The fourth-order valence-corrected chi connectivity index (χ4v) is 3.89. The molecule has 0 bridgehead atoms. The van der Waals surface area contributed by atoms with E-state index in [4.69, 9.17) is 14.2 Å². The summed E-state index contributed by atoms with van der Waals surface area (Å²) in [6, 6.07) is 8.17. The molecule has 11 heteroatoms. The first-order valence-corrected chi connectivity index (χ1v) is 11.5. The third kappa shape index (κ3) is 6.30. The molecule has 1 aliphatic rings. The largest absolute Gasteiger partial charge is 0.497 e. The van der Waals surface area contributed by atoms with Crippen LogP contribution in [0.15, 0.2) is 34.8 Å². The van der Waals surface area contributed by atoms with Gasteiger partial charge in [0.2, 0.25) is 5.91 Å². The average molecular weight is 548 g/mol. The maximum atomic E-state index is 12.6. The maximum absolute atomic E-state index is 12.6. The Balaban J connectivity index is 1.54. The van der Waals surface area contributed by atoms with E-state index in [0.717, 1.165) is 20.6 Å². The van der Waals surface area contributed by atoms with Crippen LogP contribution in [0.3, 0.4) is 0 Å². The lowest BCUT2D eigenvalue weighted by molar-refractivity contribution is -0.151. The number of amides is 3. The van der Waals surface area contributed by atoms with E-state index in [-0.39, 0.29) is 18.5 Å². The second-order valence-corrected chi connectivity index (χ2v) is 8.80. The summed E-state index contributed by atoms with van der Waals surface area (Å²) < 4.78 is 16.3. The van der Waals surface area contributed by atoms with Crippen molar-refractivity contribution in [2.24, 2.45) is 5.92 Å². The summed E-state index contributed by atoms with van der Waals surface area (Å²) in [4.78, 5) is 49.7. The Morgan fingerprint density at radius 3 is 2.34 bits per heavy atom. The van der Waals surface area contributed by atoms with Gasteiger partial charge in [-0.3, -0.25) is 29.6 Å². The van der Waals surface area contributed by atoms with E-state index in [1.54, 1.807) is 12.1 Å². The SMILES string of the molecule is COc1cc(OC)cc(C(=O)NN2C[C@H](C(=O)OCC(=O)Nc3ccc(Br)c(C)c3C)CC2=O)c1. The second kappa shape index (κ2) is 11.2. The average Bonchev–Trinajstić information content (AvgIpc) is 3.22. The zero-order valence-electron chi connectivity index (χ0n) is 19.8. The highest BCUT2D eigenvalue weighted by atomic mass is 79.9. The molecule has 2 N–H and O–H groups in total. The third-order valence-electron chi connectivity index (χ3n) is 5.65. The monoisotopic (exact) mass is 547 g/mol. The van der Waals surface area contributed by atoms with E-state index in [0.29, 0.717) is 17.2 Å². The molecule has 1 atom stereocenters. The summed E-state index contributed by atoms with van der Waals surface area (Å²) in [7, 11) is 2.91. The predicted octanol–water partition coefficient (Wildman–Crippen LogP) is 2.76. The molecule has 1 heterocycles. The second-order valence-electron chi connectivity index (χ2n) is 7.95. The van der Waals surface area contributed by atoms with Crippen LogP contribution in [0.2, 0.25) is 0 Å². The zero-order chi connectivity index (χ0) is 25.7. The highest BCUT2D eigenvalue weighted by Gasteiger charge is 2.37. The number of anilines is 1. The van der Waals surface area contributed by atoms with Crippen LogP contribution in [0.5, 0.6) is 11.5 Å². The molecule has 0 spiro atoms. The molecule has 35 heavy (non-hydrogen) atoms. The smallest absolute Gasteiger partial charge is 0.311 e. The summed E-state index contributed by atoms with van der Waals surface area (Å²) in [6.07, 6.45) is -0.146. The summed E-state index contributed by atoms with van der Waals surface area (Å²) >= 11 is 3.43. The van der Waals surface area contributed by atoms with Crippen LogP contribution in [0.4, 0.5) is 5.69 Å². The van der Waals surface area contributed by atoms with Crippen molar-refractivity contribution in [2.75, 3.05) is 32.7 Å². The Labute approximate surface area is 211 Å². The minimum Gasteiger partial charge on any atom is -0.497 e. The van der Waals surface area contributed by atoms with E-state index in [1.807, 2.05) is 19.9 Å². The van der Waals surface area contributed by atoms with Crippen LogP contribution in [0.1, 0.15) is 27.9 Å². The number of halogens is 1. The van der Waals surface area contributed by atoms with Gasteiger partial charge in [-0.1, -0.05) is 15.9 Å². The molecule has 0 saturated carbocycles. The number of esters is 1.